The van der Waals surface area contributed by atoms with E-state index in [1.54, 1.807) is 6.07 Å². The molecule has 64 valence electrons. The Morgan fingerprint density at radius 3 is 2.77 bits per heavy atom. The summed E-state index contributed by atoms with van der Waals surface area (Å²) in [4.78, 5) is 1.55. The van der Waals surface area contributed by atoms with Gasteiger partial charge in [-0.1, -0.05) is 0 Å². The lowest BCUT2D eigenvalue weighted by atomic mass is 10.3. The molecule has 0 bridgehead atoms. The van der Waals surface area contributed by atoms with Crippen LogP contribution in [0, 0.1) is 11.3 Å². The molecule has 0 aromatic carbocycles. The number of nitrogens with zero attached hydrogens (tertiary/aromatic N) is 3. The van der Waals surface area contributed by atoms with E-state index in [1.165, 1.54) is 11.3 Å². The third kappa shape index (κ3) is 1.39. The summed E-state index contributed by atoms with van der Waals surface area (Å²) in [6, 6.07) is 5.64. The third-order valence-electron chi connectivity index (χ3n) is 1.46. The fourth-order valence-electron chi connectivity index (χ4n) is 0.892. The van der Waals surface area contributed by atoms with Crippen LogP contribution in [-0.2, 0) is 0 Å². The van der Waals surface area contributed by atoms with Gasteiger partial charge >= 0.3 is 0 Å². The normalized spacial score (nSPS) is 9.77. The van der Waals surface area contributed by atoms with E-state index in [0.717, 1.165) is 16.6 Å². The lowest BCUT2D eigenvalue weighted by Gasteiger charge is -1.88. The van der Waals surface area contributed by atoms with E-state index < -0.39 is 0 Å². The van der Waals surface area contributed by atoms with E-state index in [2.05, 4.69) is 14.8 Å². The molecule has 0 saturated heterocycles. The molecule has 2 heterocycles. The molecule has 0 unspecified atom stereocenters. The first-order valence-corrected chi connectivity index (χ1v) is 4.94. The molecule has 0 radical (unpaired) electrons. The summed E-state index contributed by atoms with van der Waals surface area (Å²) in [5.41, 5.74) is 6.26. The van der Waals surface area contributed by atoms with E-state index in [4.69, 9.17) is 11.0 Å². The molecule has 6 heteroatoms. The Morgan fingerprint density at radius 1 is 1.38 bits per heavy atom. The zero-order valence-corrected chi connectivity index (χ0v) is 8.02. The van der Waals surface area contributed by atoms with Gasteiger partial charge in [0.05, 0.1) is 16.6 Å². The summed E-state index contributed by atoms with van der Waals surface area (Å²) in [7, 11) is 0. The Hall–Kier alpha value is -1.45. The number of nitriles is 1. The van der Waals surface area contributed by atoms with Crippen LogP contribution in [0.2, 0.25) is 0 Å². The molecular formula is C7H4N4S2. The average molecular weight is 208 g/mol. The Balaban J connectivity index is 2.48. The topological polar surface area (TPSA) is 75.6 Å². The van der Waals surface area contributed by atoms with Gasteiger partial charge in [0.1, 0.15) is 16.6 Å². The number of hydrogen-bond acceptors (Lipinski definition) is 6. The van der Waals surface area contributed by atoms with Crippen molar-refractivity contribution >= 4 is 28.9 Å². The lowest BCUT2D eigenvalue weighted by Crippen LogP contribution is -1.85. The van der Waals surface area contributed by atoms with E-state index in [9.17, 15) is 0 Å². The fraction of sp³-hybridized carbons (Fsp3) is 0. The molecule has 0 aliphatic carbocycles. The summed E-state index contributed by atoms with van der Waals surface area (Å²) in [6.45, 7) is 0. The standard InChI is InChI=1S/C7H4N4S2/c8-3-4-1-2-5(12-4)6-7(9)11-13-10-6/h1-2H,(H2,9,11). The minimum absolute atomic E-state index is 0.427. The molecule has 0 atom stereocenters. The van der Waals surface area contributed by atoms with Crippen LogP contribution in [0.5, 0.6) is 0 Å². The maximum atomic E-state index is 8.61. The van der Waals surface area contributed by atoms with Gasteiger partial charge in [0.2, 0.25) is 0 Å². The van der Waals surface area contributed by atoms with Crippen LogP contribution in [0.1, 0.15) is 4.88 Å². The molecule has 0 saturated carbocycles. The van der Waals surface area contributed by atoms with Gasteiger partial charge in [-0.25, -0.2) is 0 Å². The van der Waals surface area contributed by atoms with Crippen molar-refractivity contribution in [2.45, 2.75) is 0 Å². The van der Waals surface area contributed by atoms with Gasteiger partial charge in [-0.3, -0.25) is 0 Å². The number of anilines is 1. The highest BCUT2D eigenvalue weighted by atomic mass is 32.1. The van der Waals surface area contributed by atoms with Crippen LogP contribution in [0.25, 0.3) is 10.6 Å². The highest BCUT2D eigenvalue weighted by Gasteiger charge is 2.09. The molecule has 2 aromatic rings. The van der Waals surface area contributed by atoms with Crippen LogP contribution < -0.4 is 5.73 Å². The number of thiophene rings is 1. The van der Waals surface area contributed by atoms with Gasteiger partial charge in [0.15, 0.2) is 5.82 Å². The number of aromatic nitrogens is 2. The predicted octanol–water partition coefficient (Wildman–Crippen LogP) is 1.72. The molecule has 0 fully saturated rings. The molecule has 2 aromatic heterocycles. The highest BCUT2D eigenvalue weighted by molar-refractivity contribution is 7.16. The summed E-state index contributed by atoms with van der Waals surface area (Å²) >= 11 is 2.44. The van der Waals surface area contributed by atoms with Gasteiger partial charge in [-0.05, 0) is 12.1 Å². The first-order chi connectivity index (χ1) is 6.31. The van der Waals surface area contributed by atoms with Gasteiger partial charge in [0.25, 0.3) is 0 Å². The monoisotopic (exact) mass is 208 g/mol. The van der Waals surface area contributed by atoms with Crippen molar-refractivity contribution in [1.29, 1.82) is 5.26 Å². The van der Waals surface area contributed by atoms with Crippen molar-refractivity contribution in [1.82, 2.24) is 8.75 Å². The van der Waals surface area contributed by atoms with Crippen LogP contribution in [0.3, 0.4) is 0 Å². The third-order valence-corrected chi connectivity index (χ3v) is 3.00. The van der Waals surface area contributed by atoms with Crippen LogP contribution in [0.4, 0.5) is 5.82 Å². The zero-order chi connectivity index (χ0) is 9.26. The number of rotatable bonds is 1. The van der Waals surface area contributed by atoms with Crippen molar-refractivity contribution in [3.8, 4) is 16.6 Å². The molecule has 2 rings (SSSR count). The Bertz CT molecular complexity index is 465. The largest absolute Gasteiger partial charge is 0.381 e. The molecule has 0 amide bonds. The van der Waals surface area contributed by atoms with Crippen LogP contribution in [0.15, 0.2) is 12.1 Å². The smallest absolute Gasteiger partial charge is 0.166 e. The molecule has 2 N–H and O–H groups in total. The van der Waals surface area contributed by atoms with Crippen molar-refractivity contribution in [3.63, 3.8) is 0 Å². The Morgan fingerprint density at radius 2 is 2.23 bits per heavy atom. The second-order valence-electron chi connectivity index (χ2n) is 2.27. The van der Waals surface area contributed by atoms with E-state index in [-0.39, 0.29) is 0 Å². The molecule has 0 aliphatic rings. The zero-order valence-electron chi connectivity index (χ0n) is 6.39. The first-order valence-electron chi connectivity index (χ1n) is 3.39. The van der Waals surface area contributed by atoms with E-state index in [0.29, 0.717) is 16.4 Å². The second-order valence-corrected chi connectivity index (χ2v) is 3.89. The summed E-state index contributed by atoms with van der Waals surface area (Å²) in [5, 5.41) is 8.61. The molecular weight excluding hydrogens is 204 g/mol. The maximum absolute atomic E-state index is 8.61. The van der Waals surface area contributed by atoms with Gasteiger partial charge in [-0.2, -0.15) is 14.0 Å². The van der Waals surface area contributed by atoms with Crippen LogP contribution in [-0.4, -0.2) is 8.75 Å². The second kappa shape index (κ2) is 3.12. The SMILES string of the molecule is N#Cc1ccc(-c2nsnc2N)s1. The Labute approximate surface area is 82.6 Å². The molecule has 4 nitrogen and oxygen atoms in total. The minimum Gasteiger partial charge on any atom is -0.381 e. The molecule has 0 aliphatic heterocycles. The van der Waals surface area contributed by atoms with Crippen molar-refractivity contribution in [3.05, 3.63) is 17.0 Å². The average Bonchev–Trinajstić information content (AvgIpc) is 2.71. The van der Waals surface area contributed by atoms with Gasteiger partial charge < -0.3 is 5.73 Å². The summed E-state index contributed by atoms with van der Waals surface area (Å²) < 4.78 is 7.90. The predicted molar refractivity (Wildman–Crippen MR) is 52.3 cm³/mol. The summed E-state index contributed by atoms with van der Waals surface area (Å²) in [6.07, 6.45) is 0. The Kier molecular flexibility index (Phi) is 1.96. The summed E-state index contributed by atoms with van der Waals surface area (Å²) in [5.74, 6) is 0.427. The minimum atomic E-state index is 0.427. The quantitative estimate of drug-likeness (QED) is 0.774. The maximum Gasteiger partial charge on any atom is 0.166 e. The van der Waals surface area contributed by atoms with Gasteiger partial charge in [-0.15, -0.1) is 11.3 Å². The van der Waals surface area contributed by atoms with Crippen molar-refractivity contribution < 1.29 is 0 Å². The first kappa shape index (κ1) is 8.16. The van der Waals surface area contributed by atoms with Crippen molar-refractivity contribution in [2.75, 3.05) is 5.73 Å². The fourth-order valence-corrected chi connectivity index (χ4v) is 2.24. The number of nitrogen functional groups attached to an aromatic ring is 1. The van der Waals surface area contributed by atoms with E-state index in [1.807, 2.05) is 6.07 Å². The molecule has 13 heavy (non-hydrogen) atoms. The number of nitrogens with two attached hydrogens (primary N) is 1. The van der Waals surface area contributed by atoms with E-state index >= 15 is 0 Å². The number of hydrogen-bond donors (Lipinski definition) is 1. The highest BCUT2D eigenvalue weighted by Crippen LogP contribution is 2.29. The van der Waals surface area contributed by atoms with Crippen LogP contribution >= 0.6 is 23.1 Å². The van der Waals surface area contributed by atoms with Gasteiger partial charge in [0, 0.05) is 0 Å². The van der Waals surface area contributed by atoms with Crippen molar-refractivity contribution in [2.24, 2.45) is 0 Å². The lowest BCUT2D eigenvalue weighted by molar-refractivity contribution is 1.52. The molecule has 0 spiro atoms.